The van der Waals surface area contributed by atoms with Gasteiger partial charge < -0.3 is 25.2 Å². The Kier molecular flexibility index (Phi) is 7.97. The minimum absolute atomic E-state index is 0.0501. The van der Waals surface area contributed by atoms with Crippen LogP contribution < -0.4 is 5.32 Å². The molecule has 0 radical (unpaired) electrons. The molecule has 0 aromatic carbocycles. The van der Waals surface area contributed by atoms with E-state index >= 15 is 0 Å². The summed E-state index contributed by atoms with van der Waals surface area (Å²) in [5.41, 5.74) is -0.922. The minimum Gasteiger partial charge on any atom is -0.446 e. The van der Waals surface area contributed by atoms with Crippen LogP contribution in [0.3, 0.4) is 0 Å². The van der Waals surface area contributed by atoms with Gasteiger partial charge in [0.25, 0.3) is 0 Å². The molecule has 2 aliphatic carbocycles. The molecule has 3 N–H and O–H groups in total. The van der Waals surface area contributed by atoms with Gasteiger partial charge in [0.1, 0.15) is 6.10 Å². The van der Waals surface area contributed by atoms with E-state index in [1.54, 1.807) is 6.08 Å². The number of aliphatic hydroxyl groups excluding tert-OH is 2. The van der Waals surface area contributed by atoms with Crippen LogP contribution in [0.4, 0.5) is 4.79 Å². The Labute approximate surface area is 190 Å². The number of fused-ring (bicyclic) bond motifs is 1. The summed E-state index contributed by atoms with van der Waals surface area (Å²) in [6.45, 7) is 9.51. The molecule has 176 valence electrons. The van der Waals surface area contributed by atoms with Crippen LogP contribution in [0.15, 0.2) is 12.7 Å². The normalized spacial score (nSPS) is 38.1. The Hall–Kier alpha value is -1.25. The molecule has 6 atom stereocenters. The second kappa shape index (κ2) is 10.1. The molecule has 6 unspecified atom stereocenters. The fraction of sp³-hybridized carbons (Fsp3) is 0.826. The van der Waals surface area contributed by atoms with Crippen LogP contribution in [0.1, 0.15) is 46.0 Å². The Morgan fingerprint density at radius 1 is 1.26 bits per heavy atom. The number of aliphatic hydroxyl groups is 2. The van der Waals surface area contributed by atoms with E-state index in [1.165, 1.54) is 0 Å². The summed E-state index contributed by atoms with van der Waals surface area (Å²) < 4.78 is 5.73. The van der Waals surface area contributed by atoms with Crippen LogP contribution in [-0.2, 0) is 9.53 Å². The number of thioether (sulfide) groups is 1. The summed E-state index contributed by atoms with van der Waals surface area (Å²) in [6, 6.07) is 0. The number of nitrogens with zero attached hydrogens (tertiary/aromatic N) is 1. The van der Waals surface area contributed by atoms with E-state index < -0.39 is 23.7 Å². The number of hydrogen-bond acceptors (Lipinski definition) is 6. The van der Waals surface area contributed by atoms with Crippen LogP contribution >= 0.6 is 11.8 Å². The summed E-state index contributed by atoms with van der Waals surface area (Å²) in [4.78, 5) is 27.2. The lowest BCUT2D eigenvalue weighted by Gasteiger charge is -2.60. The fourth-order valence-electron chi connectivity index (χ4n) is 6.24. The Morgan fingerprint density at radius 3 is 2.61 bits per heavy atom. The van der Waals surface area contributed by atoms with Crippen molar-refractivity contribution >= 4 is 23.8 Å². The molecule has 31 heavy (non-hydrogen) atoms. The standard InChI is InChI=1S/C23H38N2O5S/c1-4-9-24-21(29)30-19-7-8-22(2)16(14-20(28)25-10-12-31-13-11-25)17(27)5-6-18(22)23(19,3)15-26/h4,16-19,26-27H,1,5-15H2,2-3H3,(H,24,29). The molecule has 3 aliphatic rings. The van der Waals surface area contributed by atoms with Crippen LogP contribution in [-0.4, -0.2) is 77.1 Å². The molecule has 2 saturated carbocycles. The number of alkyl carbamates (subject to hydrolysis) is 1. The molecule has 0 bridgehead atoms. The van der Waals surface area contributed by atoms with Gasteiger partial charge in [-0.15, -0.1) is 6.58 Å². The van der Waals surface area contributed by atoms with E-state index in [1.807, 2.05) is 23.6 Å². The molecule has 1 saturated heterocycles. The number of ether oxygens (including phenoxy) is 1. The van der Waals surface area contributed by atoms with Crippen LogP contribution in [0, 0.1) is 22.7 Å². The van der Waals surface area contributed by atoms with Gasteiger partial charge in [-0.1, -0.05) is 19.9 Å². The van der Waals surface area contributed by atoms with E-state index in [0.717, 1.165) is 37.4 Å². The molecule has 0 aromatic heterocycles. The first-order chi connectivity index (χ1) is 14.8. The third-order valence-corrected chi connectivity index (χ3v) is 9.02. The maximum atomic E-state index is 13.0. The monoisotopic (exact) mass is 454 g/mol. The number of nitrogens with one attached hydrogen (secondary N) is 1. The van der Waals surface area contributed by atoms with Crippen molar-refractivity contribution in [3.63, 3.8) is 0 Å². The van der Waals surface area contributed by atoms with Gasteiger partial charge in [-0.3, -0.25) is 4.79 Å². The number of rotatable bonds is 6. The van der Waals surface area contributed by atoms with Crippen molar-refractivity contribution in [2.24, 2.45) is 22.7 Å². The highest BCUT2D eigenvalue weighted by Gasteiger charge is 2.60. The lowest BCUT2D eigenvalue weighted by Crippen LogP contribution is -2.61. The molecular weight excluding hydrogens is 416 g/mol. The van der Waals surface area contributed by atoms with Crippen molar-refractivity contribution in [1.82, 2.24) is 10.2 Å². The maximum Gasteiger partial charge on any atom is 0.407 e. The average molecular weight is 455 g/mol. The predicted molar refractivity (Wildman–Crippen MR) is 122 cm³/mol. The van der Waals surface area contributed by atoms with Gasteiger partial charge in [0, 0.05) is 43.0 Å². The quantitative estimate of drug-likeness (QED) is 0.533. The second-order valence-corrected chi connectivity index (χ2v) is 11.0. The summed E-state index contributed by atoms with van der Waals surface area (Å²) in [7, 11) is 0. The zero-order valence-electron chi connectivity index (χ0n) is 18.8. The largest absolute Gasteiger partial charge is 0.446 e. The molecule has 0 aromatic rings. The molecule has 2 amide bonds. The first-order valence-corrected chi connectivity index (χ1v) is 12.6. The summed E-state index contributed by atoms with van der Waals surface area (Å²) >= 11 is 1.87. The molecule has 3 rings (SSSR count). The van der Waals surface area contributed by atoms with Gasteiger partial charge in [-0.25, -0.2) is 4.79 Å². The van der Waals surface area contributed by atoms with Gasteiger partial charge >= 0.3 is 6.09 Å². The van der Waals surface area contributed by atoms with Crippen LogP contribution in [0.25, 0.3) is 0 Å². The highest BCUT2D eigenvalue weighted by Crippen LogP contribution is 2.61. The first-order valence-electron chi connectivity index (χ1n) is 11.5. The molecular formula is C23H38N2O5S. The number of carbonyl (C=O) groups excluding carboxylic acids is 2. The zero-order valence-corrected chi connectivity index (χ0v) is 19.7. The molecule has 1 heterocycles. The topological polar surface area (TPSA) is 99.1 Å². The van der Waals surface area contributed by atoms with Gasteiger partial charge in [0.2, 0.25) is 5.91 Å². The highest BCUT2D eigenvalue weighted by atomic mass is 32.2. The third kappa shape index (κ3) is 4.91. The fourth-order valence-corrected chi connectivity index (χ4v) is 7.14. The lowest BCUT2D eigenvalue weighted by atomic mass is 9.46. The van der Waals surface area contributed by atoms with E-state index in [2.05, 4.69) is 18.8 Å². The van der Waals surface area contributed by atoms with Crippen molar-refractivity contribution in [2.45, 2.75) is 58.2 Å². The minimum atomic E-state index is -0.623. The second-order valence-electron chi connectivity index (χ2n) is 9.77. The number of amides is 2. The number of carbonyl (C=O) groups is 2. The molecule has 8 heteroatoms. The van der Waals surface area contributed by atoms with E-state index in [9.17, 15) is 19.8 Å². The zero-order chi connectivity index (χ0) is 22.6. The van der Waals surface area contributed by atoms with Gasteiger partial charge in [0.05, 0.1) is 12.7 Å². The number of hydrogen-bond donors (Lipinski definition) is 3. The van der Waals surface area contributed by atoms with Gasteiger partial charge in [-0.05, 0) is 42.9 Å². The van der Waals surface area contributed by atoms with Crippen molar-refractivity contribution in [1.29, 1.82) is 0 Å². The van der Waals surface area contributed by atoms with E-state index in [0.29, 0.717) is 25.8 Å². The Bertz CT molecular complexity index is 670. The first kappa shape index (κ1) is 24.4. The molecule has 3 fully saturated rings. The van der Waals surface area contributed by atoms with Gasteiger partial charge in [0.15, 0.2) is 0 Å². The molecule has 7 nitrogen and oxygen atoms in total. The summed E-state index contributed by atoms with van der Waals surface area (Å²) in [5.74, 6) is 1.95. The Balaban J connectivity index is 1.78. The van der Waals surface area contributed by atoms with E-state index in [4.69, 9.17) is 4.74 Å². The molecule has 0 spiro atoms. The van der Waals surface area contributed by atoms with Crippen molar-refractivity contribution < 1.29 is 24.5 Å². The third-order valence-electron chi connectivity index (χ3n) is 8.07. The van der Waals surface area contributed by atoms with Crippen molar-refractivity contribution in [3.05, 3.63) is 12.7 Å². The summed E-state index contributed by atoms with van der Waals surface area (Å²) in [5, 5.41) is 24.0. The van der Waals surface area contributed by atoms with Crippen molar-refractivity contribution in [3.8, 4) is 0 Å². The van der Waals surface area contributed by atoms with E-state index in [-0.39, 0.29) is 29.8 Å². The van der Waals surface area contributed by atoms with Gasteiger partial charge in [-0.2, -0.15) is 11.8 Å². The summed E-state index contributed by atoms with van der Waals surface area (Å²) in [6.07, 6.45) is 3.18. The van der Waals surface area contributed by atoms with Crippen LogP contribution in [0.5, 0.6) is 0 Å². The smallest absolute Gasteiger partial charge is 0.407 e. The van der Waals surface area contributed by atoms with Crippen molar-refractivity contribution in [2.75, 3.05) is 37.7 Å². The average Bonchev–Trinajstić information content (AvgIpc) is 2.77. The SMILES string of the molecule is C=CCNC(=O)OC1CCC2(C)C(CC(=O)N3CCSCC3)C(O)CCC2C1(C)CO. The van der Waals surface area contributed by atoms with Crippen LogP contribution in [0.2, 0.25) is 0 Å². The predicted octanol–water partition coefficient (Wildman–Crippen LogP) is 2.42. The molecule has 1 aliphatic heterocycles. The maximum absolute atomic E-state index is 13.0. The lowest BCUT2D eigenvalue weighted by molar-refractivity contribution is -0.187. The highest BCUT2D eigenvalue weighted by molar-refractivity contribution is 7.99. The Morgan fingerprint density at radius 2 is 1.97 bits per heavy atom.